The molecule has 2 aromatic rings. The van der Waals surface area contributed by atoms with Gasteiger partial charge in [-0.3, -0.25) is 9.89 Å². The Morgan fingerprint density at radius 3 is 3.11 bits per heavy atom. The molecule has 4 nitrogen and oxygen atoms in total. The van der Waals surface area contributed by atoms with Gasteiger partial charge in [-0.15, -0.1) is 11.3 Å². The van der Waals surface area contributed by atoms with Crippen molar-refractivity contribution in [2.24, 2.45) is 0 Å². The molecule has 0 unspecified atom stereocenters. The molecule has 0 atom stereocenters. The molecule has 2 rings (SSSR count). The number of rotatable bonds is 5. The van der Waals surface area contributed by atoms with Crippen molar-refractivity contribution >= 4 is 45.1 Å². The molecule has 0 aliphatic heterocycles. The van der Waals surface area contributed by atoms with E-state index >= 15 is 0 Å². The molecule has 2 aromatic heterocycles. The Balaban J connectivity index is 1.91. The second-order valence-electron chi connectivity index (χ2n) is 3.99. The second-order valence-corrected chi connectivity index (χ2v) is 6.49. The number of anilines is 1. The molecule has 0 bridgehead atoms. The third kappa shape index (κ3) is 4.33. The summed E-state index contributed by atoms with van der Waals surface area (Å²) in [5, 5.41) is 9.66. The number of carbonyl (C=O) groups is 1. The quantitative estimate of drug-likeness (QED) is 0.813. The fraction of sp³-hybridized carbons (Fsp3) is 0.231. The first-order valence-corrected chi connectivity index (χ1v) is 7.57. The fourth-order valence-electron chi connectivity index (χ4n) is 1.57. The van der Waals surface area contributed by atoms with Gasteiger partial charge in [0, 0.05) is 22.7 Å². The fourth-order valence-corrected chi connectivity index (χ4v) is 2.89. The van der Waals surface area contributed by atoms with Gasteiger partial charge < -0.3 is 5.32 Å². The summed E-state index contributed by atoms with van der Waals surface area (Å²) in [6.45, 7) is 2.10. The van der Waals surface area contributed by atoms with Crippen LogP contribution in [-0.4, -0.2) is 16.1 Å². The molecule has 6 heteroatoms. The van der Waals surface area contributed by atoms with Crippen molar-refractivity contribution in [2.45, 2.75) is 19.8 Å². The van der Waals surface area contributed by atoms with Crippen molar-refractivity contribution in [3.8, 4) is 0 Å². The molecule has 0 aliphatic rings. The molecule has 0 fully saturated rings. The lowest BCUT2D eigenvalue weighted by Crippen LogP contribution is -2.07. The zero-order valence-corrected chi connectivity index (χ0v) is 12.8. The standard InChI is InChI=1S/C13H14BrN3OS/c1-2-3-9-8-12(17-16-9)15-13(18)7-5-10-4-6-11(14)19-10/h4-8H,2-3H2,1H3,(H2,15,16,17,18)/b7-5+. The maximum Gasteiger partial charge on any atom is 0.249 e. The van der Waals surface area contributed by atoms with Crippen LogP contribution in [0.4, 0.5) is 5.82 Å². The number of hydrogen-bond acceptors (Lipinski definition) is 3. The highest BCUT2D eigenvalue weighted by atomic mass is 79.9. The SMILES string of the molecule is CCCc1cc(NC(=O)/C=C/c2ccc(Br)s2)n[nH]1. The zero-order chi connectivity index (χ0) is 13.7. The Morgan fingerprint density at radius 1 is 1.58 bits per heavy atom. The third-order valence-corrected chi connectivity index (χ3v) is 3.98. The highest BCUT2D eigenvalue weighted by Gasteiger charge is 2.03. The topological polar surface area (TPSA) is 57.8 Å². The molecule has 2 heterocycles. The van der Waals surface area contributed by atoms with Crippen LogP contribution in [-0.2, 0) is 11.2 Å². The number of aryl methyl sites for hydroxylation is 1. The largest absolute Gasteiger partial charge is 0.306 e. The summed E-state index contributed by atoms with van der Waals surface area (Å²) in [5.41, 5.74) is 1.03. The molecular weight excluding hydrogens is 326 g/mol. The predicted molar refractivity (Wildman–Crippen MR) is 82.3 cm³/mol. The highest BCUT2D eigenvalue weighted by molar-refractivity contribution is 9.11. The number of amides is 1. The minimum absolute atomic E-state index is 0.181. The van der Waals surface area contributed by atoms with Gasteiger partial charge >= 0.3 is 0 Å². The number of H-pyrrole nitrogens is 1. The summed E-state index contributed by atoms with van der Waals surface area (Å²) in [6, 6.07) is 5.76. The summed E-state index contributed by atoms with van der Waals surface area (Å²) < 4.78 is 1.05. The van der Waals surface area contributed by atoms with Gasteiger partial charge in [0.25, 0.3) is 0 Å². The second kappa shape index (κ2) is 6.68. The Kier molecular flexibility index (Phi) is 4.93. The van der Waals surface area contributed by atoms with Crippen LogP contribution in [0.2, 0.25) is 0 Å². The van der Waals surface area contributed by atoms with E-state index in [4.69, 9.17) is 0 Å². The molecule has 0 spiro atoms. The van der Waals surface area contributed by atoms with Crippen LogP contribution in [0.5, 0.6) is 0 Å². The van der Waals surface area contributed by atoms with Gasteiger partial charge in [-0.25, -0.2) is 0 Å². The number of nitrogens with zero attached hydrogens (tertiary/aromatic N) is 1. The van der Waals surface area contributed by atoms with E-state index in [1.54, 1.807) is 17.4 Å². The van der Waals surface area contributed by atoms with Gasteiger partial charge in [0.2, 0.25) is 5.91 Å². The lowest BCUT2D eigenvalue weighted by molar-refractivity contribution is -0.111. The average Bonchev–Trinajstić information content (AvgIpc) is 2.97. The van der Waals surface area contributed by atoms with Gasteiger partial charge in [0.1, 0.15) is 0 Å². The van der Waals surface area contributed by atoms with E-state index in [1.165, 1.54) is 6.08 Å². The molecule has 0 saturated heterocycles. The van der Waals surface area contributed by atoms with Crippen LogP contribution in [0.3, 0.4) is 0 Å². The molecule has 0 radical (unpaired) electrons. The Bertz CT molecular complexity index is 588. The van der Waals surface area contributed by atoms with E-state index in [0.29, 0.717) is 5.82 Å². The normalized spacial score (nSPS) is 11.1. The summed E-state index contributed by atoms with van der Waals surface area (Å²) in [6.07, 6.45) is 5.27. The summed E-state index contributed by atoms with van der Waals surface area (Å²) >= 11 is 4.96. The monoisotopic (exact) mass is 339 g/mol. The molecule has 2 N–H and O–H groups in total. The summed E-state index contributed by atoms with van der Waals surface area (Å²) in [5.74, 6) is 0.379. The van der Waals surface area contributed by atoms with Crippen LogP contribution in [0.15, 0.2) is 28.1 Å². The van der Waals surface area contributed by atoms with Gasteiger partial charge in [0.15, 0.2) is 5.82 Å². The number of nitrogens with one attached hydrogen (secondary N) is 2. The van der Waals surface area contributed by atoms with E-state index in [2.05, 4.69) is 38.4 Å². The lowest BCUT2D eigenvalue weighted by Gasteiger charge is -1.94. The van der Waals surface area contributed by atoms with Crippen LogP contribution in [0.1, 0.15) is 23.9 Å². The zero-order valence-electron chi connectivity index (χ0n) is 10.4. The van der Waals surface area contributed by atoms with Crippen LogP contribution < -0.4 is 5.32 Å². The number of halogens is 1. The molecule has 19 heavy (non-hydrogen) atoms. The third-order valence-electron chi connectivity index (χ3n) is 2.39. The van der Waals surface area contributed by atoms with Crippen molar-refractivity contribution in [1.82, 2.24) is 10.2 Å². The lowest BCUT2D eigenvalue weighted by atomic mass is 10.2. The van der Waals surface area contributed by atoms with Crippen LogP contribution >= 0.6 is 27.3 Å². The number of aromatic nitrogens is 2. The molecule has 0 aromatic carbocycles. The van der Waals surface area contributed by atoms with Gasteiger partial charge in [-0.05, 0) is 40.6 Å². The van der Waals surface area contributed by atoms with Crippen LogP contribution in [0, 0.1) is 0 Å². The minimum atomic E-state index is -0.181. The van der Waals surface area contributed by atoms with Crippen molar-refractivity contribution in [2.75, 3.05) is 5.32 Å². The Morgan fingerprint density at radius 2 is 2.42 bits per heavy atom. The maximum atomic E-state index is 11.7. The van der Waals surface area contributed by atoms with Crippen molar-refractivity contribution < 1.29 is 4.79 Å². The number of thiophene rings is 1. The Hall–Kier alpha value is -1.40. The maximum absolute atomic E-state index is 11.7. The van der Waals surface area contributed by atoms with E-state index in [9.17, 15) is 4.79 Å². The van der Waals surface area contributed by atoms with Gasteiger partial charge in [-0.1, -0.05) is 13.3 Å². The van der Waals surface area contributed by atoms with Crippen molar-refractivity contribution in [1.29, 1.82) is 0 Å². The Labute approximate surface area is 124 Å². The van der Waals surface area contributed by atoms with Gasteiger partial charge in [-0.2, -0.15) is 5.10 Å². The van der Waals surface area contributed by atoms with Crippen molar-refractivity contribution in [3.05, 3.63) is 38.6 Å². The van der Waals surface area contributed by atoms with Crippen molar-refractivity contribution in [3.63, 3.8) is 0 Å². The summed E-state index contributed by atoms with van der Waals surface area (Å²) in [7, 11) is 0. The van der Waals surface area contributed by atoms with E-state index in [-0.39, 0.29) is 5.91 Å². The summed E-state index contributed by atoms with van der Waals surface area (Å²) in [4.78, 5) is 12.7. The van der Waals surface area contributed by atoms with E-state index < -0.39 is 0 Å². The van der Waals surface area contributed by atoms with E-state index in [0.717, 1.165) is 27.2 Å². The highest BCUT2D eigenvalue weighted by Crippen LogP contribution is 2.22. The number of hydrogen-bond donors (Lipinski definition) is 2. The average molecular weight is 340 g/mol. The predicted octanol–water partition coefficient (Wildman–Crippen LogP) is 3.84. The first-order valence-electron chi connectivity index (χ1n) is 5.96. The molecular formula is C13H14BrN3OS. The van der Waals surface area contributed by atoms with Crippen LogP contribution in [0.25, 0.3) is 6.08 Å². The minimum Gasteiger partial charge on any atom is -0.306 e. The first kappa shape index (κ1) is 14.0. The molecule has 0 aliphatic carbocycles. The van der Waals surface area contributed by atoms with E-state index in [1.807, 2.05) is 18.2 Å². The molecule has 100 valence electrons. The molecule has 0 saturated carbocycles. The number of aromatic amines is 1. The molecule has 1 amide bonds. The van der Waals surface area contributed by atoms with Gasteiger partial charge in [0.05, 0.1) is 3.79 Å². The number of carbonyl (C=O) groups excluding carboxylic acids is 1. The smallest absolute Gasteiger partial charge is 0.249 e. The first-order chi connectivity index (χ1) is 9.17.